The van der Waals surface area contributed by atoms with Crippen molar-refractivity contribution in [2.45, 2.75) is 13.8 Å². The van der Waals surface area contributed by atoms with Crippen LogP contribution in [0.15, 0.2) is 30.9 Å². The van der Waals surface area contributed by atoms with Gasteiger partial charge in [0.1, 0.15) is 6.33 Å². The molecule has 0 aliphatic heterocycles. The van der Waals surface area contributed by atoms with E-state index in [1.54, 1.807) is 19.9 Å². The zero-order valence-electron chi connectivity index (χ0n) is 11.5. The lowest BCUT2D eigenvalue weighted by Crippen LogP contribution is -2.22. The minimum absolute atomic E-state index is 0.0481. The van der Waals surface area contributed by atoms with Crippen molar-refractivity contribution in [2.24, 2.45) is 0 Å². The highest BCUT2D eigenvalue weighted by molar-refractivity contribution is 6.05. The maximum absolute atomic E-state index is 11.9. The normalized spacial score (nSPS) is 10.0. The number of benzene rings is 1. The first-order valence-electron chi connectivity index (χ1n) is 6.15. The van der Waals surface area contributed by atoms with Crippen molar-refractivity contribution in [3.8, 4) is 0 Å². The van der Waals surface area contributed by atoms with Crippen LogP contribution in [0.2, 0.25) is 0 Å². The molecule has 0 fully saturated rings. The van der Waals surface area contributed by atoms with E-state index in [-0.39, 0.29) is 11.3 Å². The fourth-order valence-corrected chi connectivity index (χ4v) is 1.94. The van der Waals surface area contributed by atoms with Crippen molar-refractivity contribution >= 4 is 23.4 Å². The van der Waals surface area contributed by atoms with E-state index >= 15 is 0 Å². The highest BCUT2D eigenvalue weighted by atomic mass is 16.4. The largest absolute Gasteiger partial charge is 0.478 e. The first-order chi connectivity index (χ1) is 9.97. The number of rotatable bonds is 3. The molecule has 0 unspecified atom stereocenters. The van der Waals surface area contributed by atoms with Gasteiger partial charge in [-0.25, -0.2) is 19.6 Å². The number of carbonyl (C=O) groups is 2. The third-order valence-electron chi connectivity index (χ3n) is 2.77. The van der Waals surface area contributed by atoms with Crippen LogP contribution >= 0.6 is 0 Å². The molecule has 0 aliphatic rings. The maximum atomic E-state index is 11.9. The van der Waals surface area contributed by atoms with Gasteiger partial charge in [-0.15, -0.1) is 0 Å². The summed E-state index contributed by atoms with van der Waals surface area (Å²) in [5.41, 5.74) is 2.21. The first kappa shape index (κ1) is 14.4. The zero-order chi connectivity index (χ0) is 15.4. The van der Waals surface area contributed by atoms with Crippen LogP contribution in [0.25, 0.3) is 0 Å². The summed E-state index contributed by atoms with van der Waals surface area (Å²) in [6.45, 7) is 3.53. The van der Waals surface area contributed by atoms with E-state index in [2.05, 4.69) is 20.6 Å². The second-order valence-corrected chi connectivity index (χ2v) is 4.52. The number of aromatic nitrogens is 2. The Morgan fingerprint density at radius 2 is 1.76 bits per heavy atom. The third kappa shape index (κ3) is 3.53. The molecule has 1 aromatic carbocycles. The van der Waals surface area contributed by atoms with Crippen LogP contribution in [0.5, 0.6) is 0 Å². The third-order valence-corrected chi connectivity index (χ3v) is 2.77. The molecule has 7 nitrogen and oxygen atoms in total. The van der Waals surface area contributed by atoms with Crippen molar-refractivity contribution < 1.29 is 14.7 Å². The van der Waals surface area contributed by atoms with E-state index < -0.39 is 12.0 Å². The lowest BCUT2D eigenvalue weighted by atomic mass is 10.0. The van der Waals surface area contributed by atoms with Gasteiger partial charge >= 0.3 is 12.0 Å². The Balaban J connectivity index is 2.23. The van der Waals surface area contributed by atoms with E-state index in [1.165, 1.54) is 24.8 Å². The van der Waals surface area contributed by atoms with Crippen LogP contribution in [-0.4, -0.2) is 27.1 Å². The van der Waals surface area contributed by atoms with Gasteiger partial charge in [0.2, 0.25) is 0 Å². The molecule has 3 N–H and O–H groups in total. The van der Waals surface area contributed by atoms with Gasteiger partial charge in [0.15, 0.2) is 0 Å². The average Bonchev–Trinajstić information content (AvgIpc) is 2.42. The number of urea groups is 1. The highest BCUT2D eigenvalue weighted by Gasteiger charge is 2.15. The monoisotopic (exact) mass is 286 g/mol. The van der Waals surface area contributed by atoms with Gasteiger partial charge in [0.05, 0.1) is 29.3 Å². The van der Waals surface area contributed by atoms with Crippen LogP contribution < -0.4 is 10.6 Å². The topological polar surface area (TPSA) is 104 Å². The number of amides is 2. The molecule has 2 rings (SSSR count). The number of carbonyl (C=O) groups excluding carboxylic acids is 1. The summed E-state index contributed by atoms with van der Waals surface area (Å²) >= 11 is 0. The summed E-state index contributed by atoms with van der Waals surface area (Å²) < 4.78 is 0. The molecule has 21 heavy (non-hydrogen) atoms. The Morgan fingerprint density at radius 3 is 2.38 bits per heavy atom. The van der Waals surface area contributed by atoms with Crippen molar-refractivity contribution in [3.63, 3.8) is 0 Å². The standard InChI is InChI=1S/C14H14N4O3/c1-8-3-9(2)12(11(4-8)13(19)20)18-14(21)17-10-5-15-7-16-6-10/h3-7H,1-2H3,(H,19,20)(H2,17,18,21). The summed E-state index contributed by atoms with van der Waals surface area (Å²) in [5, 5.41) is 14.3. The SMILES string of the molecule is Cc1cc(C)c(NC(=O)Nc2cncnc2)c(C(=O)O)c1. The summed E-state index contributed by atoms with van der Waals surface area (Å²) in [4.78, 5) is 30.7. The molecule has 2 amide bonds. The Bertz CT molecular complexity index is 686. The van der Waals surface area contributed by atoms with E-state index in [9.17, 15) is 14.7 Å². The number of hydrogen-bond acceptors (Lipinski definition) is 4. The van der Waals surface area contributed by atoms with Crippen LogP contribution in [0.4, 0.5) is 16.2 Å². The minimum Gasteiger partial charge on any atom is -0.478 e. The van der Waals surface area contributed by atoms with Gasteiger partial charge in [-0.3, -0.25) is 0 Å². The Kier molecular flexibility index (Phi) is 4.13. The van der Waals surface area contributed by atoms with Gasteiger partial charge in [-0.2, -0.15) is 0 Å². The molecular weight excluding hydrogens is 272 g/mol. The fourth-order valence-electron chi connectivity index (χ4n) is 1.94. The average molecular weight is 286 g/mol. The Morgan fingerprint density at radius 1 is 1.10 bits per heavy atom. The lowest BCUT2D eigenvalue weighted by Gasteiger charge is -2.13. The number of aryl methyl sites for hydroxylation is 2. The Labute approximate surface area is 121 Å². The van der Waals surface area contributed by atoms with Gasteiger partial charge in [-0.1, -0.05) is 6.07 Å². The van der Waals surface area contributed by atoms with E-state index in [0.29, 0.717) is 11.3 Å². The molecule has 0 atom stereocenters. The molecule has 0 spiro atoms. The predicted molar refractivity (Wildman–Crippen MR) is 77.5 cm³/mol. The van der Waals surface area contributed by atoms with Crippen molar-refractivity contribution in [2.75, 3.05) is 10.6 Å². The quantitative estimate of drug-likeness (QED) is 0.803. The van der Waals surface area contributed by atoms with E-state index in [0.717, 1.165) is 5.56 Å². The smallest absolute Gasteiger partial charge is 0.337 e. The van der Waals surface area contributed by atoms with Crippen LogP contribution in [0.1, 0.15) is 21.5 Å². The number of carboxylic acids is 1. The number of hydrogen-bond donors (Lipinski definition) is 3. The van der Waals surface area contributed by atoms with E-state index in [4.69, 9.17) is 0 Å². The molecule has 108 valence electrons. The van der Waals surface area contributed by atoms with Gasteiger partial charge in [0.25, 0.3) is 0 Å². The Hall–Kier alpha value is -2.96. The van der Waals surface area contributed by atoms with Crippen LogP contribution in [0, 0.1) is 13.8 Å². The van der Waals surface area contributed by atoms with Gasteiger partial charge < -0.3 is 15.7 Å². The number of carboxylic acid groups (broad SMARTS) is 1. The highest BCUT2D eigenvalue weighted by Crippen LogP contribution is 2.23. The summed E-state index contributed by atoms with van der Waals surface area (Å²) in [5.74, 6) is -1.10. The second-order valence-electron chi connectivity index (χ2n) is 4.52. The molecule has 2 aromatic rings. The van der Waals surface area contributed by atoms with Crippen molar-refractivity contribution in [3.05, 3.63) is 47.5 Å². The van der Waals surface area contributed by atoms with Crippen LogP contribution in [0.3, 0.4) is 0 Å². The van der Waals surface area contributed by atoms with Crippen molar-refractivity contribution in [1.82, 2.24) is 9.97 Å². The zero-order valence-corrected chi connectivity index (χ0v) is 11.5. The molecule has 0 radical (unpaired) electrons. The number of nitrogens with one attached hydrogen (secondary N) is 2. The molecule has 1 aromatic heterocycles. The molecule has 7 heteroatoms. The van der Waals surface area contributed by atoms with Gasteiger partial charge in [0, 0.05) is 0 Å². The number of nitrogens with zero attached hydrogens (tertiary/aromatic N) is 2. The molecular formula is C14H14N4O3. The maximum Gasteiger partial charge on any atom is 0.337 e. The number of aromatic carboxylic acids is 1. The van der Waals surface area contributed by atoms with Crippen LogP contribution in [-0.2, 0) is 0 Å². The van der Waals surface area contributed by atoms with E-state index in [1.807, 2.05) is 0 Å². The first-order valence-corrected chi connectivity index (χ1v) is 6.15. The molecule has 0 bridgehead atoms. The molecule has 0 saturated heterocycles. The molecule has 0 aliphatic carbocycles. The lowest BCUT2D eigenvalue weighted by molar-refractivity contribution is 0.0698. The van der Waals surface area contributed by atoms with Crippen molar-refractivity contribution in [1.29, 1.82) is 0 Å². The summed E-state index contributed by atoms with van der Waals surface area (Å²) in [6.07, 6.45) is 4.22. The molecule has 1 heterocycles. The summed E-state index contributed by atoms with van der Waals surface area (Å²) in [6, 6.07) is 2.75. The number of anilines is 2. The summed E-state index contributed by atoms with van der Waals surface area (Å²) in [7, 11) is 0. The molecule has 0 saturated carbocycles. The van der Waals surface area contributed by atoms with Gasteiger partial charge in [-0.05, 0) is 31.0 Å². The fraction of sp³-hybridized carbons (Fsp3) is 0.143. The minimum atomic E-state index is -1.10. The predicted octanol–water partition coefficient (Wildman–Crippen LogP) is 2.44. The second kappa shape index (κ2) is 6.00.